The summed E-state index contributed by atoms with van der Waals surface area (Å²) in [5.41, 5.74) is -1.24. The number of likely N-dealkylation sites (N-methyl/N-ethyl adjacent to an activating group) is 1. The first-order valence-electron chi connectivity index (χ1n) is 9.57. The first-order valence-corrected chi connectivity index (χ1v) is 9.57. The molecule has 0 saturated carbocycles. The number of carboxylic acids is 1. The molecular formula is C19H39N2O3+. The Morgan fingerprint density at radius 3 is 1.79 bits per heavy atom. The van der Waals surface area contributed by atoms with Crippen molar-refractivity contribution in [3.8, 4) is 0 Å². The molecule has 0 bridgehead atoms. The maximum atomic E-state index is 12.3. The first-order chi connectivity index (χ1) is 11.2. The molecule has 0 heterocycles. The van der Waals surface area contributed by atoms with Gasteiger partial charge in [-0.05, 0) is 12.8 Å². The minimum atomic E-state index is -1.24. The van der Waals surface area contributed by atoms with E-state index in [1.54, 1.807) is 0 Å². The van der Waals surface area contributed by atoms with Crippen LogP contribution in [-0.4, -0.2) is 48.3 Å². The summed E-state index contributed by atoms with van der Waals surface area (Å²) in [4.78, 5) is 24.1. The van der Waals surface area contributed by atoms with Gasteiger partial charge in [0.25, 0.3) is 5.66 Å². The number of hydrogen-bond donors (Lipinski definition) is 2. The van der Waals surface area contributed by atoms with Crippen molar-refractivity contribution in [2.45, 2.75) is 90.1 Å². The highest BCUT2D eigenvalue weighted by Crippen LogP contribution is 2.23. The second kappa shape index (κ2) is 11.5. The number of nitrogens with zero attached hydrogens (tertiary/aromatic N) is 1. The van der Waals surface area contributed by atoms with Crippen LogP contribution in [0.25, 0.3) is 0 Å². The predicted octanol–water partition coefficient (Wildman–Crippen LogP) is 3.92. The average molecular weight is 344 g/mol. The minimum Gasteiger partial charge on any atom is -0.475 e. The lowest BCUT2D eigenvalue weighted by atomic mass is 9.99. The van der Waals surface area contributed by atoms with E-state index in [0.29, 0.717) is 19.3 Å². The quantitative estimate of drug-likeness (QED) is 0.285. The number of rotatable bonds is 14. The normalized spacial score (nSPS) is 14.2. The van der Waals surface area contributed by atoms with Crippen molar-refractivity contribution in [2.75, 3.05) is 21.1 Å². The van der Waals surface area contributed by atoms with Crippen LogP contribution >= 0.6 is 0 Å². The highest BCUT2D eigenvalue weighted by molar-refractivity contribution is 5.85. The minimum absolute atomic E-state index is 0.148. The van der Waals surface area contributed by atoms with Crippen LogP contribution in [0.3, 0.4) is 0 Å². The van der Waals surface area contributed by atoms with Crippen LogP contribution in [0.1, 0.15) is 84.5 Å². The molecule has 0 aromatic carbocycles. The number of aliphatic carboxylic acids is 1. The van der Waals surface area contributed by atoms with Gasteiger partial charge in [0.15, 0.2) is 0 Å². The third-order valence-corrected chi connectivity index (χ3v) is 4.71. The molecule has 0 fully saturated rings. The number of carbonyl (C=O) groups excluding carboxylic acids is 1. The Morgan fingerprint density at radius 1 is 0.875 bits per heavy atom. The van der Waals surface area contributed by atoms with Gasteiger partial charge in [-0.2, -0.15) is 0 Å². The van der Waals surface area contributed by atoms with Gasteiger partial charge in [-0.15, -0.1) is 0 Å². The van der Waals surface area contributed by atoms with Crippen LogP contribution < -0.4 is 5.32 Å². The molecule has 1 unspecified atom stereocenters. The van der Waals surface area contributed by atoms with Crippen molar-refractivity contribution >= 4 is 11.9 Å². The van der Waals surface area contributed by atoms with Gasteiger partial charge in [0, 0.05) is 12.8 Å². The second-order valence-corrected chi connectivity index (χ2v) is 7.70. The average Bonchev–Trinajstić information content (AvgIpc) is 2.48. The molecule has 0 radical (unpaired) electrons. The Hall–Kier alpha value is -1.10. The van der Waals surface area contributed by atoms with E-state index in [4.69, 9.17) is 0 Å². The van der Waals surface area contributed by atoms with Gasteiger partial charge in [-0.3, -0.25) is 14.6 Å². The van der Waals surface area contributed by atoms with Gasteiger partial charge in [-0.25, -0.2) is 4.79 Å². The number of hydrogen-bond acceptors (Lipinski definition) is 2. The zero-order valence-corrected chi connectivity index (χ0v) is 16.5. The molecule has 24 heavy (non-hydrogen) atoms. The van der Waals surface area contributed by atoms with E-state index in [2.05, 4.69) is 12.2 Å². The molecule has 142 valence electrons. The van der Waals surface area contributed by atoms with Crippen molar-refractivity contribution in [3.63, 3.8) is 0 Å². The molecule has 0 aliphatic carbocycles. The fourth-order valence-corrected chi connectivity index (χ4v) is 3.09. The topological polar surface area (TPSA) is 66.4 Å². The van der Waals surface area contributed by atoms with E-state index in [1.165, 1.54) is 32.1 Å². The summed E-state index contributed by atoms with van der Waals surface area (Å²) in [5, 5.41) is 12.5. The molecule has 5 nitrogen and oxygen atoms in total. The van der Waals surface area contributed by atoms with Gasteiger partial charge < -0.3 is 5.11 Å². The first kappa shape index (κ1) is 22.9. The molecule has 0 saturated heterocycles. The molecule has 5 heteroatoms. The Kier molecular flexibility index (Phi) is 10.9. The van der Waals surface area contributed by atoms with E-state index >= 15 is 0 Å². The molecule has 0 spiro atoms. The number of unbranched alkanes of at least 4 members (excludes halogenated alkanes) is 7. The van der Waals surface area contributed by atoms with Gasteiger partial charge >= 0.3 is 5.97 Å². The van der Waals surface area contributed by atoms with Crippen LogP contribution in [0.4, 0.5) is 0 Å². The van der Waals surface area contributed by atoms with E-state index in [0.717, 1.165) is 19.3 Å². The fourth-order valence-electron chi connectivity index (χ4n) is 3.09. The summed E-state index contributed by atoms with van der Waals surface area (Å²) in [5.74, 6) is -1.11. The van der Waals surface area contributed by atoms with Gasteiger partial charge in [-0.1, -0.05) is 58.8 Å². The standard InChI is InChI=1S/C19H38N2O3/c1-6-8-9-10-11-12-13-14-15-17(22)20-19(16-7-2,18(23)24)21(3,4)5/h6-16H2,1-5H3,(H-,20,22,23,24)/p+1. The molecule has 1 amide bonds. The van der Waals surface area contributed by atoms with Gasteiger partial charge in [0.05, 0.1) is 21.1 Å². The molecule has 2 N–H and O–H groups in total. The summed E-state index contributed by atoms with van der Waals surface area (Å²) in [6.45, 7) is 4.16. The third kappa shape index (κ3) is 7.65. The van der Waals surface area contributed by atoms with Crippen molar-refractivity contribution in [1.29, 1.82) is 0 Å². The highest BCUT2D eigenvalue weighted by Gasteiger charge is 2.51. The van der Waals surface area contributed by atoms with Crippen LogP contribution in [0.5, 0.6) is 0 Å². The third-order valence-electron chi connectivity index (χ3n) is 4.71. The summed E-state index contributed by atoms with van der Waals surface area (Å²) in [6.07, 6.45) is 11.0. The molecule has 1 atom stereocenters. The lowest BCUT2D eigenvalue weighted by Crippen LogP contribution is -2.71. The van der Waals surface area contributed by atoms with E-state index in [-0.39, 0.29) is 10.4 Å². The van der Waals surface area contributed by atoms with E-state index in [9.17, 15) is 14.7 Å². The van der Waals surface area contributed by atoms with Crippen LogP contribution in [0, 0.1) is 0 Å². The SMILES string of the molecule is CCCCCCCCCCC(=O)NC(CCC)(C(=O)O)[N+](C)(C)C. The summed E-state index contributed by atoms with van der Waals surface area (Å²) in [7, 11) is 5.46. The smallest absolute Gasteiger partial charge is 0.388 e. The maximum Gasteiger partial charge on any atom is 0.388 e. The van der Waals surface area contributed by atoms with Crippen molar-refractivity contribution in [2.24, 2.45) is 0 Å². The number of carbonyl (C=O) groups is 2. The zero-order chi connectivity index (χ0) is 18.6. The van der Waals surface area contributed by atoms with Crippen LogP contribution in [0.15, 0.2) is 0 Å². The molecule has 0 aliphatic rings. The number of quaternary nitrogens is 1. The van der Waals surface area contributed by atoms with Crippen molar-refractivity contribution in [3.05, 3.63) is 0 Å². The Bertz CT molecular complexity index is 377. The summed E-state index contributed by atoms with van der Waals surface area (Å²) in [6, 6.07) is 0. The van der Waals surface area contributed by atoms with Crippen molar-refractivity contribution < 1.29 is 19.2 Å². The zero-order valence-electron chi connectivity index (χ0n) is 16.5. The predicted molar refractivity (Wildman–Crippen MR) is 98.7 cm³/mol. The summed E-state index contributed by atoms with van der Waals surface area (Å²) < 4.78 is 0.180. The Labute approximate surface area is 148 Å². The van der Waals surface area contributed by atoms with Crippen molar-refractivity contribution in [1.82, 2.24) is 5.32 Å². The second-order valence-electron chi connectivity index (χ2n) is 7.70. The Morgan fingerprint density at radius 2 is 1.38 bits per heavy atom. The van der Waals surface area contributed by atoms with Crippen LogP contribution in [0.2, 0.25) is 0 Å². The Balaban J connectivity index is 4.32. The number of nitrogens with one attached hydrogen (secondary N) is 1. The van der Waals surface area contributed by atoms with Crippen LogP contribution in [-0.2, 0) is 9.59 Å². The molecule has 0 aromatic heterocycles. The molecule has 0 aliphatic heterocycles. The number of carboxylic acid groups (broad SMARTS) is 1. The van der Waals surface area contributed by atoms with Gasteiger partial charge in [0.2, 0.25) is 5.91 Å². The van der Waals surface area contributed by atoms with E-state index < -0.39 is 11.6 Å². The monoisotopic (exact) mass is 343 g/mol. The molecule has 0 aromatic rings. The highest BCUT2D eigenvalue weighted by atomic mass is 16.4. The largest absolute Gasteiger partial charge is 0.475 e. The van der Waals surface area contributed by atoms with E-state index in [1.807, 2.05) is 28.1 Å². The van der Waals surface area contributed by atoms with Gasteiger partial charge in [0.1, 0.15) is 0 Å². The lowest BCUT2D eigenvalue weighted by Gasteiger charge is -2.43. The molecule has 0 rings (SSSR count). The fraction of sp³-hybridized carbons (Fsp3) is 0.895. The molecular weight excluding hydrogens is 304 g/mol. The number of amides is 1. The lowest BCUT2D eigenvalue weighted by molar-refractivity contribution is -0.917. The maximum absolute atomic E-state index is 12.3. The summed E-state index contributed by atoms with van der Waals surface area (Å²) >= 11 is 0.